The lowest BCUT2D eigenvalue weighted by Gasteiger charge is -2.40. The number of alkyl halides is 9. The molecule has 16 heteroatoms. The number of carboxylic acids is 1. The summed E-state index contributed by atoms with van der Waals surface area (Å²) in [6.07, 6.45) is -20.8. The molecule has 42 heavy (non-hydrogen) atoms. The predicted octanol–water partition coefficient (Wildman–Crippen LogP) is 5.92. The molecule has 4 rings (SSSR count). The van der Waals surface area contributed by atoms with Crippen LogP contribution in [0.4, 0.5) is 50.0 Å². The van der Waals surface area contributed by atoms with E-state index in [1.807, 2.05) is 0 Å². The molecule has 3 atom stereocenters. The van der Waals surface area contributed by atoms with Gasteiger partial charge < -0.3 is 19.6 Å². The summed E-state index contributed by atoms with van der Waals surface area (Å²) in [4.78, 5) is 28.2. The number of likely N-dealkylation sites (tertiary alicyclic amines) is 2. The monoisotopic (exact) mass is 619 g/mol. The van der Waals surface area contributed by atoms with Crippen LogP contribution in [0.3, 0.4) is 0 Å². The van der Waals surface area contributed by atoms with Crippen molar-refractivity contribution in [1.29, 1.82) is 0 Å². The number of carbonyl (C=O) groups is 2. The molecule has 3 heterocycles. The van der Waals surface area contributed by atoms with Crippen molar-refractivity contribution in [3.63, 3.8) is 0 Å². The fourth-order valence-corrected chi connectivity index (χ4v) is 6.07. The number of carbonyl (C=O) groups excluding carboxylic acids is 1. The summed E-state index contributed by atoms with van der Waals surface area (Å²) in [5, 5.41) is 9.63. The highest BCUT2D eigenvalue weighted by atomic mass is 19.4. The van der Waals surface area contributed by atoms with Crippen LogP contribution in [-0.2, 0) is 22.3 Å². The minimum atomic E-state index is -5.86. The summed E-state index contributed by atoms with van der Waals surface area (Å²) in [5.41, 5.74) is -1.64. The molecule has 1 aromatic rings. The molecule has 0 bridgehead atoms. The fraction of sp³-hybridized carbons (Fsp3) is 0.692. The lowest BCUT2D eigenvalue weighted by molar-refractivity contribution is -0.308. The van der Waals surface area contributed by atoms with Crippen molar-refractivity contribution in [2.75, 3.05) is 37.6 Å². The first-order chi connectivity index (χ1) is 19.3. The number of ether oxygens (including phenoxy) is 1. The largest absolute Gasteiger partial charge is 0.481 e. The molecule has 236 valence electrons. The molecule has 0 saturated carbocycles. The average Bonchev–Trinajstić information content (AvgIpc) is 3.26. The quantitative estimate of drug-likeness (QED) is 0.413. The average molecular weight is 620 g/mol. The summed E-state index contributed by atoms with van der Waals surface area (Å²) in [6, 6.07) is 2.93. The van der Waals surface area contributed by atoms with Crippen LogP contribution in [0.2, 0.25) is 0 Å². The highest BCUT2D eigenvalue weighted by molar-refractivity contribution is 5.75. The molecule has 3 fully saturated rings. The summed E-state index contributed by atoms with van der Waals surface area (Å²) < 4.78 is 123. The number of benzene rings is 1. The zero-order valence-corrected chi connectivity index (χ0v) is 22.5. The molecule has 0 aliphatic carbocycles. The van der Waals surface area contributed by atoms with Gasteiger partial charge in [-0.2, -0.15) is 39.5 Å². The van der Waals surface area contributed by atoms with Crippen molar-refractivity contribution in [2.45, 2.75) is 69.8 Å². The van der Waals surface area contributed by atoms with E-state index in [-0.39, 0.29) is 49.8 Å². The van der Waals surface area contributed by atoms with E-state index >= 15 is 0 Å². The molecule has 7 nitrogen and oxygen atoms in total. The van der Waals surface area contributed by atoms with Gasteiger partial charge in [0.05, 0.1) is 11.0 Å². The summed E-state index contributed by atoms with van der Waals surface area (Å²) >= 11 is 0. The topological polar surface area (TPSA) is 73.3 Å². The van der Waals surface area contributed by atoms with Crippen LogP contribution in [0.25, 0.3) is 0 Å². The Bertz CT molecular complexity index is 1160. The van der Waals surface area contributed by atoms with Gasteiger partial charge in [0.1, 0.15) is 0 Å². The Morgan fingerprint density at radius 2 is 1.64 bits per heavy atom. The van der Waals surface area contributed by atoms with Gasteiger partial charge in [-0.05, 0) is 68.8 Å². The lowest BCUT2D eigenvalue weighted by Crippen LogP contribution is -2.53. The zero-order valence-electron chi connectivity index (χ0n) is 22.5. The Morgan fingerprint density at radius 3 is 2.24 bits per heavy atom. The van der Waals surface area contributed by atoms with Gasteiger partial charge in [0.15, 0.2) is 0 Å². The van der Waals surface area contributed by atoms with E-state index in [0.29, 0.717) is 32.4 Å². The van der Waals surface area contributed by atoms with Crippen molar-refractivity contribution < 1.29 is 58.9 Å². The number of piperidine rings is 2. The van der Waals surface area contributed by atoms with E-state index in [1.165, 1.54) is 13.0 Å². The normalized spacial score (nSPS) is 26.0. The fourth-order valence-electron chi connectivity index (χ4n) is 6.07. The van der Waals surface area contributed by atoms with Crippen molar-refractivity contribution >= 4 is 17.7 Å². The van der Waals surface area contributed by atoms with Gasteiger partial charge >= 0.3 is 30.6 Å². The summed E-state index contributed by atoms with van der Waals surface area (Å²) in [6.45, 7) is 1.88. The van der Waals surface area contributed by atoms with Gasteiger partial charge in [-0.3, -0.25) is 9.69 Å². The molecule has 3 saturated heterocycles. The minimum Gasteiger partial charge on any atom is -0.481 e. The van der Waals surface area contributed by atoms with E-state index in [0.717, 1.165) is 17.0 Å². The second kappa shape index (κ2) is 11.3. The Hall–Kier alpha value is -2.91. The van der Waals surface area contributed by atoms with Crippen LogP contribution >= 0.6 is 0 Å². The van der Waals surface area contributed by atoms with Crippen molar-refractivity contribution in [3.8, 4) is 0 Å². The van der Waals surface area contributed by atoms with Gasteiger partial charge in [0.2, 0.25) is 0 Å². The second-order valence-corrected chi connectivity index (χ2v) is 11.4. The van der Waals surface area contributed by atoms with Crippen LogP contribution in [-0.4, -0.2) is 84.2 Å². The maximum atomic E-state index is 13.8. The smallest absolute Gasteiger partial charge is 0.434 e. The van der Waals surface area contributed by atoms with Gasteiger partial charge in [-0.1, -0.05) is 0 Å². The first kappa shape index (κ1) is 32.0. The van der Waals surface area contributed by atoms with E-state index in [2.05, 4.69) is 4.74 Å². The molecule has 0 aromatic heterocycles. The number of nitrogens with zero attached hydrogens (tertiary/aromatic N) is 3. The number of halogens is 9. The van der Waals surface area contributed by atoms with E-state index in [1.54, 1.807) is 9.80 Å². The number of aliphatic carboxylic acids is 1. The molecule has 0 spiro atoms. The Balaban J connectivity index is 1.53. The van der Waals surface area contributed by atoms with Gasteiger partial charge in [-0.25, -0.2) is 4.79 Å². The van der Waals surface area contributed by atoms with Crippen molar-refractivity contribution in [3.05, 3.63) is 29.3 Å². The van der Waals surface area contributed by atoms with E-state index in [4.69, 9.17) is 0 Å². The molecule has 3 aliphatic heterocycles. The first-order valence-corrected chi connectivity index (χ1v) is 13.3. The number of amides is 1. The summed E-state index contributed by atoms with van der Waals surface area (Å²) in [5.74, 6) is -1.13. The van der Waals surface area contributed by atoms with Gasteiger partial charge in [-0.15, -0.1) is 0 Å². The molecule has 1 N–H and O–H groups in total. The van der Waals surface area contributed by atoms with Crippen molar-refractivity contribution in [1.82, 2.24) is 9.80 Å². The number of carboxylic acid groups (broad SMARTS) is 1. The molecular formula is C26H30F9N3O4. The maximum Gasteiger partial charge on any atom is 0.434 e. The van der Waals surface area contributed by atoms with Crippen LogP contribution in [0.1, 0.15) is 43.7 Å². The molecule has 1 amide bonds. The number of hydrogen-bond donors (Lipinski definition) is 1. The van der Waals surface area contributed by atoms with E-state index < -0.39 is 53.7 Å². The zero-order chi connectivity index (χ0) is 31.3. The Morgan fingerprint density at radius 1 is 1.00 bits per heavy atom. The second-order valence-electron chi connectivity index (χ2n) is 11.4. The van der Waals surface area contributed by atoms with Gasteiger partial charge in [0.25, 0.3) is 6.10 Å². The van der Waals surface area contributed by atoms with Crippen LogP contribution in [0.15, 0.2) is 18.2 Å². The minimum absolute atomic E-state index is 0.00537. The summed E-state index contributed by atoms with van der Waals surface area (Å²) in [7, 11) is 0. The highest BCUT2D eigenvalue weighted by Gasteiger charge is 2.60. The molecule has 3 unspecified atom stereocenters. The van der Waals surface area contributed by atoms with Crippen LogP contribution in [0.5, 0.6) is 0 Å². The molecule has 3 aliphatic rings. The number of hydrogen-bond acceptors (Lipinski definition) is 5. The molecular weight excluding hydrogens is 589 g/mol. The highest BCUT2D eigenvalue weighted by Crippen LogP contribution is 2.40. The van der Waals surface area contributed by atoms with E-state index in [9.17, 15) is 54.2 Å². The SMILES string of the molecule is CC1(C(=O)O)CCCN(c2cc(CN3CCC4CCN(C(=O)OC(C(F)(F)F)C(F)(F)F)CC43)cc(C(F)(F)F)c2)C1. The number of fused-ring (bicyclic) bond motifs is 1. The third kappa shape index (κ3) is 7.00. The lowest BCUT2D eigenvalue weighted by atomic mass is 9.82. The predicted molar refractivity (Wildman–Crippen MR) is 130 cm³/mol. The Kier molecular flexibility index (Phi) is 8.61. The van der Waals surface area contributed by atoms with Crippen molar-refractivity contribution in [2.24, 2.45) is 11.3 Å². The molecule has 0 radical (unpaired) electrons. The third-order valence-corrected chi connectivity index (χ3v) is 8.32. The molecule has 1 aromatic carbocycles. The maximum absolute atomic E-state index is 13.8. The van der Waals surface area contributed by atoms with Crippen LogP contribution in [0, 0.1) is 11.3 Å². The third-order valence-electron chi connectivity index (χ3n) is 8.32. The standard InChI is InChI=1S/C26H30F9N3O4/c1-23(21(39)40)5-2-6-38(14-23)18-10-15(9-17(11-18)24(27,28)29)12-36-7-3-16-4-8-37(13-19(16)36)22(41)42-20(25(30,31)32)26(33,34)35/h9-11,16,19-20H,2-8,12-14H2,1H3,(H,39,40). The van der Waals surface area contributed by atoms with Crippen LogP contribution < -0.4 is 4.90 Å². The Labute approximate surface area is 235 Å². The number of rotatable bonds is 5. The van der Waals surface area contributed by atoms with Gasteiger partial charge in [0, 0.05) is 44.5 Å². The first-order valence-electron chi connectivity index (χ1n) is 13.3. The number of anilines is 1.